The molecule has 0 radical (unpaired) electrons. The molecule has 1 aromatic rings. The molecule has 0 bridgehead atoms. The van der Waals surface area contributed by atoms with Crippen LogP contribution in [0.2, 0.25) is 0 Å². The predicted octanol–water partition coefficient (Wildman–Crippen LogP) is 2.06. The SMILES string of the molecule is CCCCCNCc1ccnc(C)n1. The smallest absolute Gasteiger partial charge is 0.125 e. The van der Waals surface area contributed by atoms with Crippen LogP contribution in [0.1, 0.15) is 37.7 Å². The van der Waals surface area contributed by atoms with E-state index < -0.39 is 0 Å². The summed E-state index contributed by atoms with van der Waals surface area (Å²) in [6, 6.07) is 1.96. The summed E-state index contributed by atoms with van der Waals surface area (Å²) in [7, 11) is 0. The summed E-state index contributed by atoms with van der Waals surface area (Å²) in [5, 5.41) is 3.37. The first-order valence-corrected chi connectivity index (χ1v) is 5.32. The van der Waals surface area contributed by atoms with Crippen molar-refractivity contribution in [3.8, 4) is 0 Å². The lowest BCUT2D eigenvalue weighted by molar-refractivity contribution is 0.609. The van der Waals surface area contributed by atoms with Crippen molar-refractivity contribution in [1.29, 1.82) is 0 Å². The van der Waals surface area contributed by atoms with Crippen LogP contribution in [0.4, 0.5) is 0 Å². The number of hydrogen-bond donors (Lipinski definition) is 1. The molecular weight excluding hydrogens is 174 g/mol. The number of hydrogen-bond acceptors (Lipinski definition) is 3. The fraction of sp³-hybridized carbons (Fsp3) is 0.636. The molecule has 78 valence electrons. The molecule has 0 saturated heterocycles. The number of nitrogens with one attached hydrogen (secondary N) is 1. The highest BCUT2D eigenvalue weighted by atomic mass is 14.9. The Balaban J connectivity index is 2.18. The van der Waals surface area contributed by atoms with Gasteiger partial charge in [-0.25, -0.2) is 9.97 Å². The molecule has 0 saturated carbocycles. The summed E-state index contributed by atoms with van der Waals surface area (Å²) in [4.78, 5) is 8.38. The Bertz CT molecular complexity index is 260. The molecule has 0 aliphatic rings. The minimum absolute atomic E-state index is 0.845. The Kier molecular flexibility index (Phi) is 5.15. The second-order valence-corrected chi connectivity index (χ2v) is 3.48. The minimum atomic E-state index is 0.845. The first-order valence-electron chi connectivity index (χ1n) is 5.32. The third-order valence-electron chi connectivity index (χ3n) is 2.10. The van der Waals surface area contributed by atoms with E-state index in [1.807, 2.05) is 19.2 Å². The average molecular weight is 193 g/mol. The highest BCUT2D eigenvalue weighted by Gasteiger charge is 1.94. The summed E-state index contributed by atoms with van der Waals surface area (Å²) in [6.07, 6.45) is 5.63. The molecule has 0 amide bonds. The van der Waals surface area contributed by atoms with E-state index >= 15 is 0 Å². The van der Waals surface area contributed by atoms with Crippen LogP contribution in [-0.2, 0) is 6.54 Å². The normalized spacial score (nSPS) is 10.4. The number of aromatic nitrogens is 2. The van der Waals surface area contributed by atoms with Gasteiger partial charge in [-0.15, -0.1) is 0 Å². The van der Waals surface area contributed by atoms with Crippen LogP contribution in [0.25, 0.3) is 0 Å². The Morgan fingerprint density at radius 2 is 2.21 bits per heavy atom. The van der Waals surface area contributed by atoms with Crippen LogP contribution in [-0.4, -0.2) is 16.5 Å². The van der Waals surface area contributed by atoms with Crippen LogP contribution in [0.15, 0.2) is 12.3 Å². The molecule has 0 aliphatic carbocycles. The van der Waals surface area contributed by atoms with Crippen molar-refractivity contribution in [1.82, 2.24) is 15.3 Å². The van der Waals surface area contributed by atoms with E-state index in [4.69, 9.17) is 0 Å². The van der Waals surface area contributed by atoms with Crippen LogP contribution >= 0.6 is 0 Å². The van der Waals surface area contributed by atoms with Crippen molar-refractivity contribution in [2.24, 2.45) is 0 Å². The summed E-state index contributed by atoms with van der Waals surface area (Å²) >= 11 is 0. The molecule has 0 fully saturated rings. The molecule has 0 unspecified atom stereocenters. The van der Waals surface area contributed by atoms with Crippen molar-refractivity contribution < 1.29 is 0 Å². The van der Waals surface area contributed by atoms with E-state index in [9.17, 15) is 0 Å². The molecule has 0 atom stereocenters. The van der Waals surface area contributed by atoms with Gasteiger partial charge in [0.2, 0.25) is 0 Å². The maximum Gasteiger partial charge on any atom is 0.125 e. The Morgan fingerprint density at radius 3 is 2.93 bits per heavy atom. The molecule has 1 N–H and O–H groups in total. The van der Waals surface area contributed by atoms with Gasteiger partial charge in [-0.2, -0.15) is 0 Å². The fourth-order valence-electron chi connectivity index (χ4n) is 1.32. The number of nitrogens with zero attached hydrogens (tertiary/aromatic N) is 2. The topological polar surface area (TPSA) is 37.8 Å². The second kappa shape index (κ2) is 6.49. The molecular formula is C11H19N3. The molecule has 1 heterocycles. The van der Waals surface area contributed by atoms with Gasteiger partial charge in [-0.05, 0) is 26.0 Å². The van der Waals surface area contributed by atoms with Crippen LogP contribution in [0.5, 0.6) is 0 Å². The van der Waals surface area contributed by atoms with E-state index in [0.29, 0.717) is 0 Å². The molecule has 0 spiro atoms. The molecule has 1 aromatic heterocycles. The molecule has 14 heavy (non-hydrogen) atoms. The van der Waals surface area contributed by atoms with Gasteiger partial charge in [-0.1, -0.05) is 19.8 Å². The summed E-state index contributed by atoms with van der Waals surface area (Å²) in [5.41, 5.74) is 1.08. The molecule has 3 nitrogen and oxygen atoms in total. The molecule has 0 aliphatic heterocycles. The minimum Gasteiger partial charge on any atom is -0.311 e. The van der Waals surface area contributed by atoms with Gasteiger partial charge >= 0.3 is 0 Å². The summed E-state index contributed by atoms with van der Waals surface area (Å²) in [5.74, 6) is 0.845. The van der Waals surface area contributed by atoms with Crippen molar-refractivity contribution in [3.63, 3.8) is 0 Å². The van der Waals surface area contributed by atoms with E-state index in [2.05, 4.69) is 22.2 Å². The van der Waals surface area contributed by atoms with E-state index in [0.717, 1.165) is 24.6 Å². The zero-order chi connectivity index (χ0) is 10.2. The Morgan fingerprint density at radius 1 is 1.36 bits per heavy atom. The monoisotopic (exact) mass is 193 g/mol. The largest absolute Gasteiger partial charge is 0.311 e. The zero-order valence-corrected chi connectivity index (χ0v) is 9.08. The molecule has 0 aromatic carbocycles. The molecule has 3 heteroatoms. The van der Waals surface area contributed by atoms with Crippen molar-refractivity contribution in [3.05, 3.63) is 23.8 Å². The third kappa shape index (κ3) is 4.33. The maximum atomic E-state index is 4.32. The average Bonchev–Trinajstić information content (AvgIpc) is 2.18. The van der Waals surface area contributed by atoms with Gasteiger partial charge in [-0.3, -0.25) is 0 Å². The van der Waals surface area contributed by atoms with E-state index in [-0.39, 0.29) is 0 Å². The van der Waals surface area contributed by atoms with Crippen molar-refractivity contribution >= 4 is 0 Å². The lowest BCUT2D eigenvalue weighted by Crippen LogP contribution is -2.15. The van der Waals surface area contributed by atoms with Gasteiger partial charge in [0.15, 0.2) is 0 Å². The van der Waals surface area contributed by atoms with E-state index in [1.165, 1.54) is 19.3 Å². The first-order chi connectivity index (χ1) is 6.83. The van der Waals surface area contributed by atoms with Gasteiger partial charge in [0, 0.05) is 12.7 Å². The lowest BCUT2D eigenvalue weighted by Gasteiger charge is -2.03. The second-order valence-electron chi connectivity index (χ2n) is 3.48. The van der Waals surface area contributed by atoms with Crippen molar-refractivity contribution in [2.75, 3.05) is 6.54 Å². The lowest BCUT2D eigenvalue weighted by atomic mass is 10.2. The van der Waals surface area contributed by atoms with Gasteiger partial charge in [0.05, 0.1) is 5.69 Å². The molecule has 1 rings (SSSR count). The number of rotatable bonds is 6. The first kappa shape index (κ1) is 11.1. The standard InChI is InChI=1S/C11H19N3/c1-3-4-5-7-12-9-11-6-8-13-10(2)14-11/h6,8,12H,3-5,7,9H2,1-2H3. The number of unbranched alkanes of at least 4 members (excludes halogenated alkanes) is 2. The maximum absolute atomic E-state index is 4.32. The third-order valence-corrected chi connectivity index (χ3v) is 2.10. The van der Waals surface area contributed by atoms with Gasteiger partial charge < -0.3 is 5.32 Å². The Labute approximate surface area is 86.0 Å². The van der Waals surface area contributed by atoms with Crippen LogP contribution < -0.4 is 5.32 Å². The Hall–Kier alpha value is -0.960. The van der Waals surface area contributed by atoms with Crippen LogP contribution in [0, 0.1) is 6.92 Å². The highest BCUT2D eigenvalue weighted by molar-refractivity contribution is 5.00. The van der Waals surface area contributed by atoms with E-state index in [1.54, 1.807) is 0 Å². The summed E-state index contributed by atoms with van der Waals surface area (Å²) in [6.45, 7) is 6.07. The fourth-order valence-corrected chi connectivity index (χ4v) is 1.32. The predicted molar refractivity (Wildman–Crippen MR) is 58.0 cm³/mol. The van der Waals surface area contributed by atoms with Crippen molar-refractivity contribution in [2.45, 2.75) is 39.7 Å². The number of aryl methyl sites for hydroxylation is 1. The zero-order valence-electron chi connectivity index (χ0n) is 9.08. The highest BCUT2D eigenvalue weighted by Crippen LogP contribution is 1.95. The summed E-state index contributed by atoms with van der Waals surface area (Å²) < 4.78 is 0. The van der Waals surface area contributed by atoms with Gasteiger partial charge in [0.25, 0.3) is 0 Å². The van der Waals surface area contributed by atoms with Gasteiger partial charge in [0.1, 0.15) is 5.82 Å². The van der Waals surface area contributed by atoms with Crippen LogP contribution in [0.3, 0.4) is 0 Å². The quantitative estimate of drug-likeness (QED) is 0.703.